The Hall–Kier alpha value is -2.73. The van der Waals surface area contributed by atoms with Crippen molar-refractivity contribution in [2.75, 3.05) is 23.7 Å². The summed E-state index contributed by atoms with van der Waals surface area (Å²) >= 11 is 0. The number of fused-ring (bicyclic) bond motifs is 1. The van der Waals surface area contributed by atoms with Crippen molar-refractivity contribution in [1.82, 2.24) is 19.9 Å². The van der Waals surface area contributed by atoms with Crippen molar-refractivity contribution >= 4 is 28.2 Å². The molecule has 1 aromatic carbocycles. The van der Waals surface area contributed by atoms with E-state index in [1.54, 1.807) is 12.5 Å². The Labute approximate surface area is 161 Å². The highest BCUT2D eigenvalue weighted by Gasteiger charge is 2.12. The Kier molecular flexibility index (Phi) is 6.19. The molecule has 2 aromatic heterocycles. The summed E-state index contributed by atoms with van der Waals surface area (Å²) in [5.74, 6) is 1.59. The topological polar surface area (TPSA) is 66.0 Å². The fourth-order valence-electron chi connectivity index (χ4n) is 3.25. The highest BCUT2D eigenvalue weighted by Crippen LogP contribution is 2.21. The van der Waals surface area contributed by atoms with Crippen LogP contribution in [-0.2, 0) is 0 Å². The van der Waals surface area contributed by atoms with E-state index in [-0.39, 0.29) is 0 Å². The average Bonchev–Trinajstić information content (AvgIpc) is 2.65. The van der Waals surface area contributed by atoms with Gasteiger partial charge >= 0.3 is 0 Å². The lowest BCUT2D eigenvalue weighted by Crippen LogP contribution is -2.40. The van der Waals surface area contributed by atoms with Crippen LogP contribution in [0.1, 0.15) is 27.7 Å². The lowest BCUT2D eigenvalue weighted by Gasteiger charge is -2.30. The zero-order chi connectivity index (χ0) is 19.2. The fraction of sp³-hybridized carbons (Fsp3) is 0.381. The van der Waals surface area contributed by atoms with Crippen LogP contribution in [0, 0.1) is 0 Å². The van der Waals surface area contributed by atoms with Crippen LogP contribution in [0.25, 0.3) is 10.9 Å². The van der Waals surface area contributed by atoms with E-state index in [9.17, 15) is 0 Å². The predicted octanol–water partition coefficient (Wildman–Crippen LogP) is 4.30. The van der Waals surface area contributed by atoms with Crippen molar-refractivity contribution in [1.29, 1.82) is 0 Å². The van der Waals surface area contributed by atoms with Gasteiger partial charge in [0.15, 0.2) is 0 Å². The van der Waals surface area contributed by atoms with E-state index >= 15 is 0 Å². The number of hydrogen-bond donors (Lipinski definition) is 2. The molecule has 0 spiro atoms. The molecule has 3 rings (SSSR count). The molecule has 6 nitrogen and oxygen atoms in total. The number of aromatic nitrogens is 3. The molecule has 0 radical (unpaired) electrons. The van der Waals surface area contributed by atoms with Crippen LogP contribution >= 0.6 is 0 Å². The van der Waals surface area contributed by atoms with E-state index in [1.807, 2.05) is 24.3 Å². The maximum absolute atomic E-state index is 4.35. The fourth-order valence-corrected chi connectivity index (χ4v) is 3.25. The van der Waals surface area contributed by atoms with E-state index < -0.39 is 0 Å². The Bertz CT molecular complexity index is 869. The minimum absolute atomic E-state index is 0.525. The first kappa shape index (κ1) is 19.0. The van der Waals surface area contributed by atoms with E-state index in [2.05, 4.69) is 70.3 Å². The van der Waals surface area contributed by atoms with Gasteiger partial charge in [0, 0.05) is 48.5 Å². The highest BCUT2D eigenvalue weighted by molar-refractivity contribution is 5.83. The predicted molar refractivity (Wildman–Crippen MR) is 113 cm³/mol. The van der Waals surface area contributed by atoms with Gasteiger partial charge in [-0.3, -0.25) is 9.88 Å². The minimum atomic E-state index is 0.525. The van der Waals surface area contributed by atoms with E-state index in [1.165, 1.54) is 0 Å². The molecule has 0 aliphatic carbocycles. The lowest BCUT2D eigenvalue weighted by molar-refractivity contribution is 0.182. The monoisotopic (exact) mass is 364 g/mol. The molecule has 2 heterocycles. The first-order chi connectivity index (χ1) is 13.0. The summed E-state index contributed by atoms with van der Waals surface area (Å²) in [7, 11) is 0. The molecule has 0 amide bonds. The quantitative estimate of drug-likeness (QED) is 0.621. The van der Waals surface area contributed by atoms with Crippen LogP contribution in [0.3, 0.4) is 0 Å². The highest BCUT2D eigenvalue weighted by atomic mass is 15.2. The van der Waals surface area contributed by atoms with Gasteiger partial charge in [-0.2, -0.15) is 0 Å². The number of nitrogens with zero attached hydrogens (tertiary/aromatic N) is 4. The smallest absolute Gasteiger partial charge is 0.135 e. The standard InChI is InChI=1S/C21H28N6/c1-15(2)27(16(3)4)11-10-23-20-13-21(25-14-24-20)26-18-7-8-19-17(12-18)6-5-9-22-19/h5-9,12-16H,10-11H2,1-4H3,(H2,23,24,25,26). The molecule has 142 valence electrons. The second-order valence-electron chi connectivity index (χ2n) is 7.18. The Morgan fingerprint density at radius 2 is 1.70 bits per heavy atom. The maximum atomic E-state index is 4.35. The van der Waals surface area contributed by atoms with Gasteiger partial charge in [0.25, 0.3) is 0 Å². The molecule has 0 aliphatic heterocycles. The van der Waals surface area contributed by atoms with Gasteiger partial charge in [-0.25, -0.2) is 9.97 Å². The van der Waals surface area contributed by atoms with Crippen molar-refractivity contribution in [2.45, 2.75) is 39.8 Å². The Balaban J connectivity index is 1.62. The number of anilines is 3. The van der Waals surface area contributed by atoms with Crippen LogP contribution in [0.4, 0.5) is 17.3 Å². The van der Waals surface area contributed by atoms with Crippen molar-refractivity contribution in [2.24, 2.45) is 0 Å². The van der Waals surface area contributed by atoms with Gasteiger partial charge in [-0.05, 0) is 52.0 Å². The summed E-state index contributed by atoms with van der Waals surface area (Å²) < 4.78 is 0. The van der Waals surface area contributed by atoms with Crippen molar-refractivity contribution in [3.05, 3.63) is 48.9 Å². The molecule has 0 saturated carbocycles. The molecule has 2 N–H and O–H groups in total. The van der Waals surface area contributed by atoms with Crippen LogP contribution < -0.4 is 10.6 Å². The zero-order valence-corrected chi connectivity index (χ0v) is 16.5. The molecule has 6 heteroatoms. The number of hydrogen-bond acceptors (Lipinski definition) is 6. The third-order valence-corrected chi connectivity index (χ3v) is 4.55. The molecule has 0 atom stereocenters. The first-order valence-corrected chi connectivity index (χ1v) is 9.46. The summed E-state index contributed by atoms with van der Waals surface area (Å²) in [5, 5.41) is 7.84. The van der Waals surface area contributed by atoms with Crippen LogP contribution in [0.15, 0.2) is 48.9 Å². The van der Waals surface area contributed by atoms with E-state index in [4.69, 9.17) is 0 Å². The molecule has 0 fully saturated rings. The first-order valence-electron chi connectivity index (χ1n) is 9.46. The average molecular weight is 364 g/mol. The summed E-state index contributed by atoms with van der Waals surface area (Å²) in [6.07, 6.45) is 3.38. The van der Waals surface area contributed by atoms with Crippen molar-refractivity contribution in [3.8, 4) is 0 Å². The van der Waals surface area contributed by atoms with Gasteiger partial charge in [-0.15, -0.1) is 0 Å². The summed E-state index contributed by atoms with van der Waals surface area (Å²) in [6, 6.07) is 13.1. The SMILES string of the molecule is CC(C)N(CCNc1cc(Nc2ccc3ncccc3c2)ncn1)C(C)C. The molecule has 27 heavy (non-hydrogen) atoms. The maximum Gasteiger partial charge on any atom is 0.135 e. The van der Waals surface area contributed by atoms with Crippen LogP contribution in [-0.4, -0.2) is 45.0 Å². The van der Waals surface area contributed by atoms with Gasteiger partial charge in [-0.1, -0.05) is 6.07 Å². The molecular formula is C21H28N6. The number of pyridine rings is 1. The van der Waals surface area contributed by atoms with E-state index in [0.29, 0.717) is 12.1 Å². The normalized spacial score (nSPS) is 11.5. The van der Waals surface area contributed by atoms with Crippen molar-refractivity contribution in [3.63, 3.8) is 0 Å². The summed E-state index contributed by atoms with van der Waals surface area (Å²) in [4.78, 5) is 15.5. The minimum Gasteiger partial charge on any atom is -0.369 e. The van der Waals surface area contributed by atoms with E-state index in [0.717, 1.165) is 41.3 Å². The molecule has 3 aromatic rings. The second kappa shape index (κ2) is 8.77. The van der Waals surface area contributed by atoms with Gasteiger partial charge in [0.2, 0.25) is 0 Å². The van der Waals surface area contributed by atoms with Gasteiger partial charge in [0.1, 0.15) is 18.0 Å². The third kappa shape index (κ3) is 5.14. The second-order valence-corrected chi connectivity index (χ2v) is 7.18. The summed E-state index contributed by atoms with van der Waals surface area (Å²) in [6.45, 7) is 10.7. The third-order valence-electron chi connectivity index (χ3n) is 4.55. The Morgan fingerprint density at radius 3 is 2.48 bits per heavy atom. The Morgan fingerprint density at radius 1 is 0.926 bits per heavy atom. The number of nitrogens with one attached hydrogen (secondary N) is 2. The molecule has 0 unspecified atom stereocenters. The van der Waals surface area contributed by atoms with Gasteiger partial charge < -0.3 is 10.6 Å². The van der Waals surface area contributed by atoms with Crippen LogP contribution in [0.2, 0.25) is 0 Å². The number of benzene rings is 1. The van der Waals surface area contributed by atoms with Crippen LogP contribution in [0.5, 0.6) is 0 Å². The van der Waals surface area contributed by atoms with Crippen molar-refractivity contribution < 1.29 is 0 Å². The lowest BCUT2D eigenvalue weighted by atomic mass is 10.2. The molecule has 0 saturated heterocycles. The largest absolute Gasteiger partial charge is 0.369 e. The summed E-state index contributed by atoms with van der Waals surface area (Å²) in [5.41, 5.74) is 1.96. The molecule has 0 aliphatic rings. The molecule has 0 bridgehead atoms. The molecular weight excluding hydrogens is 336 g/mol. The zero-order valence-electron chi connectivity index (χ0n) is 16.5. The van der Waals surface area contributed by atoms with Gasteiger partial charge in [0.05, 0.1) is 5.52 Å². The number of rotatable bonds is 8.